The zero-order valence-electron chi connectivity index (χ0n) is 20.5. The minimum absolute atomic E-state index is 0.383. The molecule has 35 heavy (non-hydrogen) atoms. The van der Waals surface area contributed by atoms with Crippen LogP contribution in [-0.2, 0) is 43.7 Å². The Kier molecular flexibility index (Phi) is 10.8. The van der Waals surface area contributed by atoms with Gasteiger partial charge in [0.2, 0.25) is 13.6 Å². The maximum atomic E-state index is 13.1. The van der Waals surface area contributed by atoms with E-state index in [2.05, 4.69) is 15.1 Å². The second kappa shape index (κ2) is 13.3. The highest BCUT2D eigenvalue weighted by Gasteiger charge is 2.29. The lowest BCUT2D eigenvalue weighted by Gasteiger charge is -2.20. The van der Waals surface area contributed by atoms with Crippen LogP contribution in [0.2, 0.25) is 0 Å². The monoisotopic (exact) mass is 518 g/mol. The quantitative estimate of drug-likeness (QED) is 0.215. The zero-order chi connectivity index (χ0) is 26.0. The van der Waals surface area contributed by atoms with E-state index in [1.165, 1.54) is 6.33 Å². The third kappa shape index (κ3) is 9.76. The molecule has 0 saturated carbocycles. The fraction of sp³-hybridized carbons (Fsp3) is 0.650. The van der Waals surface area contributed by atoms with Gasteiger partial charge in [-0.15, -0.1) is 0 Å². The van der Waals surface area contributed by atoms with Gasteiger partial charge in [-0.05, 0) is 41.5 Å². The van der Waals surface area contributed by atoms with E-state index in [1.54, 1.807) is 52.3 Å². The van der Waals surface area contributed by atoms with Gasteiger partial charge < -0.3 is 23.7 Å². The number of carbonyl (C=O) groups is 2. The van der Waals surface area contributed by atoms with Gasteiger partial charge in [0, 0.05) is 12.0 Å². The van der Waals surface area contributed by atoms with Gasteiger partial charge in [-0.3, -0.25) is 13.6 Å². The molecule has 0 fully saturated rings. The van der Waals surface area contributed by atoms with Gasteiger partial charge in [0.1, 0.15) is 18.5 Å². The second-order valence-corrected chi connectivity index (χ2v) is 9.86. The van der Waals surface area contributed by atoms with Gasteiger partial charge in [0.05, 0.1) is 24.5 Å². The number of aryl methyl sites for hydroxylation is 1. The van der Waals surface area contributed by atoms with Crippen molar-refractivity contribution in [2.24, 2.45) is 0 Å². The summed E-state index contributed by atoms with van der Waals surface area (Å²) in [5.74, 6) is 0.674. The first kappa shape index (κ1) is 28.4. The Balaban J connectivity index is 1.95. The van der Waals surface area contributed by atoms with Crippen LogP contribution in [0.4, 0.5) is 9.59 Å². The van der Waals surface area contributed by atoms with Gasteiger partial charge in [-0.1, -0.05) is 0 Å². The van der Waals surface area contributed by atoms with Gasteiger partial charge in [0.15, 0.2) is 5.65 Å². The van der Waals surface area contributed by atoms with E-state index in [-0.39, 0.29) is 0 Å². The third-order valence-corrected chi connectivity index (χ3v) is 5.55. The van der Waals surface area contributed by atoms with Crippen molar-refractivity contribution in [1.82, 2.24) is 19.6 Å². The summed E-state index contributed by atoms with van der Waals surface area (Å²) in [5, 5.41) is 4.25. The molecule has 15 heteroatoms. The fourth-order valence-electron chi connectivity index (χ4n) is 2.58. The van der Waals surface area contributed by atoms with Crippen molar-refractivity contribution >= 4 is 25.6 Å². The Hall–Kier alpha value is -2.80. The maximum Gasteiger partial charge on any atom is 0.510 e. The molecule has 2 heterocycles. The Morgan fingerprint density at radius 3 is 2.09 bits per heavy atom. The van der Waals surface area contributed by atoms with Crippen molar-refractivity contribution in [3.8, 4) is 0 Å². The third-order valence-electron chi connectivity index (χ3n) is 4.09. The summed E-state index contributed by atoms with van der Waals surface area (Å²) >= 11 is 0. The average molecular weight is 518 g/mol. The molecule has 0 saturated heterocycles. The minimum Gasteiger partial charge on any atom is -0.432 e. The van der Waals surface area contributed by atoms with Gasteiger partial charge in [0.25, 0.3) is 0 Å². The van der Waals surface area contributed by atoms with Crippen LogP contribution in [0.5, 0.6) is 0 Å². The van der Waals surface area contributed by atoms with Crippen LogP contribution >= 0.6 is 7.60 Å². The molecule has 0 aliphatic carbocycles. The number of hydrogen-bond donors (Lipinski definition) is 0. The summed E-state index contributed by atoms with van der Waals surface area (Å²) in [6, 6.07) is 0. The van der Waals surface area contributed by atoms with Crippen LogP contribution in [0.3, 0.4) is 0 Å². The Labute approximate surface area is 202 Å². The fourth-order valence-corrected chi connectivity index (χ4v) is 3.66. The number of carbonyl (C=O) groups excluding carboxylic acids is 2. The van der Waals surface area contributed by atoms with E-state index < -0.39 is 58.2 Å². The highest BCUT2D eigenvalue weighted by Crippen LogP contribution is 2.48. The number of nitrogens with zero attached hydrogens (tertiary/aromatic N) is 4. The molecular weight excluding hydrogens is 487 g/mol. The molecule has 0 N–H and O–H groups in total. The van der Waals surface area contributed by atoms with Crippen LogP contribution in [-0.4, -0.2) is 70.1 Å². The van der Waals surface area contributed by atoms with E-state index in [4.69, 9.17) is 32.7 Å². The molecule has 2 aromatic rings. The molecule has 0 radical (unpaired) electrons. The van der Waals surface area contributed by atoms with Crippen molar-refractivity contribution in [2.75, 3.05) is 19.9 Å². The number of aromatic nitrogens is 4. The van der Waals surface area contributed by atoms with E-state index in [0.717, 1.165) is 5.56 Å². The molecule has 0 aliphatic rings. The summed E-state index contributed by atoms with van der Waals surface area (Å²) < 4.78 is 49.7. The molecule has 196 valence electrons. The van der Waals surface area contributed by atoms with E-state index in [9.17, 15) is 14.2 Å². The molecule has 0 amide bonds. The van der Waals surface area contributed by atoms with Crippen molar-refractivity contribution in [3.05, 3.63) is 23.9 Å². The van der Waals surface area contributed by atoms with E-state index >= 15 is 0 Å². The SMILES string of the molecule is Cc1ncnc2c(CC(C)OCP(=O)(OCOC(=O)OC(C)C)OCOC(=O)OC(C)C)cnn12. The van der Waals surface area contributed by atoms with Crippen molar-refractivity contribution < 1.29 is 46.9 Å². The molecule has 14 nitrogen and oxygen atoms in total. The first-order chi connectivity index (χ1) is 16.5. The lowest BCUT2D eigenvalue weighted by atomic mass is 10.2. The molecular formula is C20H31N4O10P. The number of fused-ring (bicyclic) bond motifs is 1. The second-order valence-electron chi connectivity index (χ2n) is 7.86. The normalized spacial score (nSPS) is 12.7. The average Bonchev–Trinajstić information content (AvgIpc) is 3.15. The Bertz CT molecular complexity index is 996. The summed E-state index contributed by atoms with van der Waals surface area (Å²) in [6.45, 7) is 8.62. The molecule has 0 spiro atoms. The number of hydrogen-bond acceptors (Lipinski definition) is 13. The topological polar surface area (TPSA) is 159 Å². The molecule has 1 unspecified atom stereocenters. The first-order valence-electron chi connectivity index (χ1n) is 10.8. The molecule has 2 aromatic heterocycles. The lowest BCUT2D eigenvalue weighted by Crippen LogP contribution is -2.19. The Morgan fingerprint density at radius 2 is 1.54 bits per heavy atom. The minimum atomic E-state index is -4.03. The molecule has 1 atom stereocenters. The molecule has 0 bridgehead atoms. The van der Waals surface area contributed by atoms with E-state index in [0.29, 0.717) is 17.9 Å². The standard InChI is InChI=1S/C20H31N4O10P/c1-13(2)33-19(25)28-10-31-35(27,32-11-29-20(26)34-14(3)4)12-30-15(5)7-17-8-23-24-16(6)21-9-22-18(17)24/h8-9,13-15H,7,10-12H2,1-6H3. The molecule has 0 aromatic carbocycles. The summed E-state index contributed by atoms with van der Waals surface area (Å²) in [4.78, 5) is 31.4. The Morgan fingerprint density at radius 1 is 0.971 bits per heavy atom. The van der Waals surface area contributed by atoms with E-state index in [1.807, 2.05) is 0 Å². The van der Waals surface area contributed by atoms with Crippen LogP contribution in [0.1, 0.15) is 46.0 Å². The van der Waals surface area contributed by atoms with Crippen LogP contribution in [0, 0.1) is 6.92 Å². The molecule has 2 rings (SSSR count). The highest BCUT2D eigenvalue weighted by atomic mass is 31.2. The largest absolute Gasteiger partial charge is 0.510 e. The molecule has 0 aliphatic heterocycles. The van der Waals surface area contributed by atoms with Crippen LogP contribution in [0.15, 0.2) is 12.5 Å². The predicted molar refractivity (Wildman–Crippen MR) is 120 cm³/mol. The summed E-state index contributed by atoms with van der Waals surface area (Å²) in [7, 11) is -4.03. The highest BCUT2D eigenvalue weighted by molar-refractivity contribution is 7.53. The van der Waals surface area contributed by atoms with Crippen molar-refractivity contribution in [2.45, 2.75) is 66.3 Å². The smallest absolute Gasteiger partial charge is 0.432 e. The zero-order valence-corrected chi connectivity index (χ0v) is 21.4. The first-order valence-corrected chi connectivity index (χ1v) is 12.5. The summed E-state index contributed by atoms with van der Waals surface area (Å²) in [5.41, 5.74) is 1.41. The van der Waals surface area contributed by atoms with Crippen molar-refractivity contribution in [1.29, 1.82) is 0 Å². The summed E-state index contributed by atoms with van der Waals surface area (Å²) in [6.07, 6.45) is -0.366. The number of rotatable bonds is 13. The maximum absolute atomic E-state index is 13.1. The number of ether oxygens (including phenoxy) is 5. The van der Waals surface area contributed by atoms with Crippen LogP contribution in [0.25, 0.3) is 5.65 Å². The van der Waals surface area contributed by atoms with Gasteiger partial charge in [-0.2, -0.15) is 5.10 Å². The van der Waals surface area contributed by atoms with Gasteiger partial charge in [-0.25, -0.2) is 24.1 Å². The van der Waals surface area contributed by atoms with Gasteiger partial charge >= 0.3 is 19.9 Å². The predicted octanol–water partition coefficient (Wildman–Crippen LogP) is 3.60. The van der Waals surface area contributed by atoms with Crippen LogP contribution < -0.4 is 0 Å². The lowest BCUT2D eigenvalue weighted by molar-refractivity contribution is -0.0364. The van der Waals surface area contributed by atoms with Crippen molar-refractivity contribution in [3.63, 3.8) is 0 Å².